The molecule has 2 aromatic rings. The van der Waals surface area contributed by atoms with Crippen LogP contribution in [0.25, 0.3) is 10.9 Å². The Morgan fingerprint density at radius 3 is 2.85 bits per heavy atom. The summed E-state index contributed by atoms with van der Waals surface area (Å²) in [5, 5.41) is 3.74. The molecule has 1 atom stereocenters. The van der Waals surface area contributed by atoms with Gasteiger partial charge in [-0.1, -0.05) is 18.2 Å². The minimum Gasteiger partial charge on any atom is -0.467 e. The fourth-order valence-corrected chi connectivity index (χ4v) is 2.14. The highest BCUT2D eigenvalue weighted by atomic mass is 16.5. The van der Waals surface area contributed by atoms with E-state index in [-0.39, 0.29) is 5.91 Å². The van der Waals surface area contributed by atoms with Crippen molar-refractivity contribution >= 4 is 22.8 Å². The van der Waals surface area contributed by atoms with Crippen molar-refractivity contribution in [2.75, 3.05) is 7.11 Å². The number of H-pyrrole nitrogens is 1. The largest absolute Gasteiger partial charge is 0.467 e. The lowest BCUT2D eigenvalue weighted by Gasteiger charge is -2.11. The molecule has 1 aromatic carbocycles. The molecule has 2 rings (SSSR count). The minimum absolute atomic E-state index is 0.159. The smallest absolute Gasteiger partial charge is 0.328 e. The summed E-state index contributed by atoms with van der Waals surface area (Å²) in [6, 6.07) is 7.34. The van der Waals surface area contributed by atoms with Crippen LogP contribution < -0.4 is 5.32 Å². The molecule has 5 heteroatoms. The van der Waals surface area contributed by atoms with Crippen LogP contribution in [0.4, 0.5) is 0 Å². The van der Waals surface area contributed by atoms with Crippen molar-refractivity contribution < 1.29 is 14.3 Å². The molecule has 5 nitrogen and oxygen atoms in total. The molecule has 1 aromatic heterocycles. The SMILES string of the molecule is COC(=O)[C@H](C)NC(=O)CCc1c[nH]c2ccccc12. The summed E-state index contributed by atoms with van der Waals surface area (Å²) in [6.45, 7) is 1.61. The van der Waals surface area contributed by atoms with E-state index in [0.717, 1.165) is 16.5 Å². The first-order valence-corrected chi connectivity index (χ1v) is 6.54. The van der Waals surface area contributed by atoms with Crippen molar-refractivity contribution in [3.05, 3.63) is 36.0 Å². The molecular formula is C15H18N2O3. The first-order chi connectivity index (χ1) is 9.61. The Morgan fingerprint density at radius 2 is 2.10 bits per heavy atom. The predicted octanol–water partition coefficient (Wildman–Crippen LogP) is 1.78. The number of esters is 1. The van der Waals surface area contributed by atoms with E-state index in [2.05, 4.69) is 15.0 Å². The maximum absolute atomic E-state index is 11.8. The molecule has 0 unspecified atom stereocenters. The lowest BCUT2D eigenvalue weighted by atomic mass is 10.1. The number of carbonyl (C=O) groups is 2. The highest BCUT2D eigenvalue weighted by Crippen LogP contribution is 2.18. The van der Waals surface area contributed by atoms with Crippen LogP contribution in [0.2, 0.25) is 0 Å². The monoisotopic (exact) mass is 274 g/mol. The molecule has 0 saturated carbocycles. The number of para-hydroxylation sites is 1. The number of benzene rings is 1. The molecule has 0 saturated heterocycles. The van der Waals surface area contributed by atoms with E-state index in [1.165, 1.54) is 7.11 Å². The molecule has 0 bridgehead atoms. The van der Waals surface area contributed by atoms with Gasteiger partial charge in [0.1, 0.15) is 6.04 Å². The predicted molar refractivity (Wildman–Crippen MR) is 76.2 cm³/mol. The summed E-state index contributed by atoms with van der Waals surface area (Å²) in [7, 11) is 1.30. The summed E-state index contributed by atoms with van der Waals surface area (Å²) in [5.41, 5.74) is 2.16. The third-order valence-corrected chi connectivity index (χ3v) is 3.23. The van der Waals surface area contributed by atoms with Crippen LogP contribution >= 0.6 is 0 Å². The summed E-state index contributed by atoms with van der Waals surface area (Å²) in [6.07, 6.45) is 2.88. The first kappa shape index (κ1) is 14.1. The van der Waals surface area contributed by atoms with Gasteiger partial charge in [-0.3, -0.25) is 4.79 Å². The molecule has 0 aliphatic heterocycles. The normalized spacial score (nSPS) is 12.1. The fraction of sp³-hybridized carbons (Fsp3) is 0.333. The van der Waals surface area contributed by atoms with Crippen molar-refractivity contribution in [1.29, 1.82) is 0 Å². The van der Waals surface area contributed by atoms with E-state index in [1.807, 2.05) is 30.5 Å². The topological polar surface area (TPSA) is 71.2 Å². The van der Waals surface area contributed by atoms with Gasteiger partial charge in [-0.15, -0.1) is 0 Å². The zero-order valence-corrected chi connectivity index (χ0v) is 11.6. The molecule has 1 heterocycles. The van der Waals surface area contributed by atoms with Crippen LogP contribution in [-0.2, 0) is 20.7 Å². The summed E-state index contributed by atoms with van der Waals surface area (Å²) in [5.74, 6) is -0.598. The lowest BCUT2D eigenvalue weighted by molar-refractivity contribution is -0.144. The van der Waals surface area contributed by atoms with Gasteiger partial charge in [0.2, 0.25) is 5.91 Å². The molecule has 20 heavy (non-hydrogen) atoms. The van der Waals surface area contributed by atoms with Gasteiger partial charge < -0.3 is 15.0 Å². The quantitative estimate of drug-likeness (QED) is 0.816. The van der Waals surface area contributed by atoms with Crippen LogP contribution in [0, 0.1) is 0 Å². The number of rotatable bonds is 5. The molecule has 0 radical (unpaired) electrons. The molecule has 0 aliphatic rings. The van der Waals surface area contributed by atoms with Gasteiger partial charge in [0.05, 0.1) is 7.11 Å². The van der Waals surface area contributed by atoms with Crippen LogP contribution in [0.1, 0.15) is 18.9 Å². The molecule has 106 valence electrons. The van der Waals surface area contributed by atoms with Gasteiger partial charge >= 0.3 is 5.97 Å². The summed E-state index contributed by atoms with van der Waals surface area (Å²) < 4.78 is 4.56. The molecule has 0 aliphatic carbocycles. The van der Waals surface area contributed by atoms with Crippen molar-refractivity contribution in [3.63, 3.8) is 0 Å². The second-order valence-electron chi connectivity index (χ2n) is 4.67. The van der Waals surface area contributed by atoms with Crippen LogP contribution in [0.3, 0.4) is 0 Å². The van der Waals surface area contributed by atoms with Gasteiger partial charge in [0, 0.05) is 23.5 Å². The highest BCUT2D eigenvalue weighted by molar-refractivity contribution is 5.86. The number of amides is 1. The Kier molecular flexibility index (Phi) is 4.40. The number of carbonyl (C=O) groups excluding carboxylic acids is 2. The summed E-state index contributed by atoms with van der Waals surface area (Å²) in [4.78, 5) is 26.2. The molecular weight excluding hydrogens is 256 g/mol. The van der Waals surface area contributed by atoms with E-state index in [9.17, 15) is 9.59 Å². The number of nitrogens with one attached hydrogen (secondary N) is 2. The van der Waals surface area contributed by atoms with Gasteiger partial charge in [0.15, 0.2) is 0 Å². The van der Waals surface area contributed by atoms with E-state index >= 15 is 0 Å². The number of aryl methyl sites for hydroxylation is 1. The van der Waals surface area contributed by atoms with Crippen LogP contribution in [0.15, 0.2) is 30.5 Å². The second-order valence-corrected chi connectivity index (χ2v) is 4.67. The third-order valence-electron chi connectivity index (χ3n) is 3.23. The van der Waals surface area contributed by atoms with Gasteiger partial charge in [-0.05, 0) is 25.0 Å². The number of methoxy groups -OCH3 is 1. The lowest BCUT2D eigenvalue weighted by Crippen LogP contribution is -2.39. The van der Waals surface area contributed by atoms with E-state index in [4.69, 9.17) is 0 Å². The maximum Gasteiger partial charge on any atom is 0.328 e. The highest BCUT2D eigenvalue weighted by Gasteiger charge is 2.15. The van der Waals surface area contributed by atoms with E-state index in [1.54, 1.807) is 6.92 Å². The minimum atomic E-state index is -0.615. The number of fused-ring (bicyclic) bond motifs is 1. The third kappa shape index (κ3) is 3.17. The standard InChI is InChI=1S/C15H18N2O3/c1-10(15(19)20-2)17-14(18)8-7-11-9-16-13-6-4-3-5-12(11)13/h3-6,9-10,16H,7-8H2,1-2H3,(H,17,18)/t10-/m0/s1. The van der Waals surface area contributed by atoms with Crippen LogP contribution in [-0.4, -0.2) is 30.0 Å². The molecule has 2 N–H and O–H groups in total. The Bertz CT molecular complexity index is 618. The van der Waals surface area contributed by atoms with Crippen LogP contribution in [0.5, 0.6) is 0 Å². The zero-order chi connectivity index (χ0) is 14.5. The Hall–Kier alpha value is -2.30. The van der Waals surface area contributed by atoms with E-state index in [0.29, 0.717) is 12.8 Å². The molecule has 0 fully saturated rings. The Labute approximate surface area is 117 Å². The number of hydrogen-bond donors (Lipinski definition) is 2. The van der Waals surface area contributed by atoms with Crippen molar-refractivity contribution in [1.82, 2.24) is 10.3 Å². The maximum atomic E-state index is 11.8. The number of aromatic nitrogens is 1. The van der Waals surface area contributed by atoms with Gasteiger partial charge in [0.25, 0.3) is 0 Å². The summed E-state index contributed by atoms with van der Waals surface area (Å²) >= 11 is 0. The Balaban J connectivity index is 1.92. The second kappa shape index (κ2) is 6.23. The molecule has 0 spiro atoms. The van der Waals surface area contributed by atoms with Gasteiger partial charge in [-0.25, -0.2) is 4.79 Å². The fourth-order valence-electron chi connectivity index (χ4n) is 2.14. The van der Waals surface area contributed by atoms with Gasteiger partial charge in [-0.2, -0.15) is 0 Å². The average Bonchev–Trinajstić information content (AvgIpc) is 2.87. The molecule has 1 amide bonds. The number of ether oxygens (including phenoxy) is 1. The zero-order valence-electron chi connectivity index (χ0n) is 11.6. The first-order valence-electron chi connectivity index (χ1n) is 6.54. The van der Waals surface area contributed by atoms with Crippen molar-refractivity contribution in [2.24, 2.45) is 0 Å². The van der Waals surface area contributed by atoms with Crippen molar-refractivity contribution in [3.8, 4) is 0 Å². The average molecular weight is 274 g/mol. The van der Waals surface area contributed by atoms with Crippen molar-refractivity contribution in [2.45, 2.75) is 25.8 Å². The Morgan fingerprint density at radius 1 is 1.35 bits per heavy atom. The number of aromatic amines is 1. The number of hydrogen-bond acceptors (Lipinski definition) is 3. The van der Waals surface area contributed by atoms with E-state index < -0.39 is 12.0 Å².